The molecule has 0 saturated heterocycles. The van der Waals surface area contributed by atoms with Crippen molar-refractivity contribution in [3.63, 3.8) is 0 Å². The Hall–Kier alpha value is -3.03. The van der Waals surface area contributed by atoms with E-state index in [-0.39, 0.29) is 11.9 Å². The minimum Gasteiger partial charge on any atom is -0.494 e. The van der Waals surface area contributed by atoms with Gasteiger partial charge in [0, 0.05) is 12.3 Å². The summed E-state index contributed by atoms with van der Waals surface area (Å²) < 4.78 is 7.23. The van der Waals surface area contributed by atoms with E-state index in [1.165, 1.54) is 0 Å². The zero-order chi connectivity index (χ0) is 15.4. The standard InChI is InChI=1S/C13H17N7O/c1-8-6-20(7-17-8)10-4-3-9(5-11(10)21-2)18-13(16)19-12(14)15/h3-7H,1-2H3,(H6,14,15,16,18,19). The molecule has 1 aromatic carbocycles. The predicted molar refractivity (Wildman–Crippen MR) is 81.9 cm³/mol. The molecule has 0 aliphatic rings. The van der Waals surface area contributed by atoms with Crippen molar-refractivity contribution < 1.29 is 4.74 Å². The molecule has 0 atom stereocenters. The number of hydrogen-bond donors (Lipinski definition) is 3. The molecule has 0 aliphatic heterocycles. The zero-order valence-corrected chi connectivity index (χ0v) is 11.8. The Bertz CT molecular complexity index is 698. The summed E-state index contributed by atoms with van der Waals surface area (Å²) in [5, 5.41) is 0. The first-order valence-corrected chi connectivity index (χ1v) is 6.12. The molecule has 2 aromatic rings. The highest BCUT2D eigenvalue weighted by molar-refractivity contribution is 5.93. The van der Waals surface area contributed by atoms with E-state index in [2.05, 4.69) is 15.0 Å². The maximum absolute atomic E-state index is 5.60. The zero-order valence-electron chi connectivity index (χ0n) is 11.8. The Morgan fingerprint density at radius 2 is 2.05 bits per heavy atom. The molecule has 0 amide bonds. The van der Waals surface area contributed by atoms with E-state index >= 15 is 0 Å². The summed E-state index contributed by atoms with van der Waals surface area (Å²) in [6, 6.07) is 5.36. The molecule has 0 spiro atoms. The highest BCUT2D eigenvalue weighted by atomic mass is 16.5. The third kappa shape index (κ3) is 3.50. The molecule has 0 unspecified atom stereocenters. The number of aryl methyl sites for hydroxylation is 1. The van der Waals surface area contributed by atoms with Gasteiger partial charge in [0.25, 0.3) is 0 Å². The van der Waals surface area contributed by atoms with Gasteiger partial charge in [-0.1, -0.05) is 0 Å². The second-order valence-electron chi connectivity index (χ2n) is 4.29. The van der Waals surface area contributed by atoms with E-state index in [1.54, 1.807) is 25.6 Å². The molecular weight excluding hydrogens is 270 g/mol. The van der Waals surface area contributed by atoms with E-state index in [1.807, 2.05) is 23.8 Å². The Balaban J connectivity index is 2.39. The number of nitrogens with two attached hydrogens (primary N) is 3. The molecular formula is C13H17N7O. The van der Waals surface area contributed by atoms with Gasteiger partial charge in [0.1, 0.15) is 5.75 Å². The summed E-state index contributed by atoms with van der Waals surface area (Å²) in [5.74, 6) is 0.461. The molecule has 110 valence electrons. The first-order chi connectivity index (χ1) is 9.99. The average Bonchev–Trinajstić information content (AvgIpc) is 2.84. The van der Waals surface area contributed by atoms with Crippen LogP contribution in [0.15, 0.2) is 40.7 Å². The predicted octanol–water partition coefficient (Wildman–Crippen LogP) is 0.409. The average molecular weight is 287 g/mol. The van der Waals surface area contributed by atoms with Crippen molar-refractivity contribution in [1.82, 2.24) is 9.55 Å². The van der Waals surface area contributed by atoms with Crippen molar-refractivity contribution >= 4 is 17.6 Å². The van der Waals surface area contributed by atoms with E-state index in [9.17, 15) is 0 Å². The first kappa shape index (κ1) is 14.4. The topological polar surface area (TPSA) is 130 Å². The maximum Gasteiger partial charge on any atom is 0.223 e. The molecule has 8 nitrogen and oxygen atoms in total. The quantitative estimate of drug-likeness (QED) is 0.556. The number of ether oxygens (including phenoxy) is 1. The highest BCUT2D eigenvalue weighted by Crippen LogP contribution is 2.28. The molecule has 0 fully saturated rings. The van der Waals surface area contributed by atoms with Gasteiger partial charge in [-0.3, -0.25) is 0 Å². The van der Waals surface area contributed by atoms with Crippen molar-refractivity contribution in [3.8, 4) is 11.4 Å². The van der Waals surface area contributed by atoms with Gasteiger partial charge in [-0.15, -0.1) is 0 Å². The van der Waals surface area contributed by atoms with Gasteiger partial charge >= 0.3 is 0 Å². The molecule has 21 heavy (non-hydrogen) atoms. The van der Waals surface area contributed by atoms with Gasteiger partial charge in [-0.05, 0) is 19.1 Å². The fourth-order valence-electron chi connectivity index (χ4n) is 1.79. The summed E-state index contributed by atoms with van der Waals surface area (Å²) in [6.45, 7) is 1.91. The molecule has 1 aromatic heterocycles. The van der Waals surface area contributed by atoms with Crippen molar-refractivity contribution in [2.24, 2.45) is 27.2 Å². The Morgan fingerprint density at radius 1 is 1.29 bits per heavy atom. The van der Waals surface area contributed by atoms with Crippen LogP contribution in [0.1, 0.15) is 5.69 Å². The number of aliphatic imine (C=N–C) groups is 2. The van der Waals surface area contributed by atoms with Crippen molar-refractivity contribution in [2.45, 2.75) is 6.92 Å². The molecule has 0 aliphatic carbocycles. The molecule has 8 heteroatoms. The van der Waals surface area contributed by atoms with Crippen LogP contribution >= 0.6 is 0 Å². The maximum atomic E-state index is 5.60. The van der Waals surface area contributed by atoms with Crippen molar-refractivity contribution in [2.75, 3.05) is 7.11 Å². The van der Waals surface area contributed by atoms with E-state index in [4.69, 9.17) is 21.9 Å². The number of hydrogen-bond acceptors (Lipinski definition) is 3. The minimum absolute atomic E-state index is 0.0247. The second-order valence-corrected chi connectivity index (χ2v) is 4.29. The van der Waals surface area contributed by atoms with Gasteiger partial charge in [-0.25, -0.2) is 9.98 Å². The Kier molecular flexibility index (Phi) is 4.07. The number of methoxy groups -OCH3 is 1. The smallest absolute Gasteiger partial charge is 0.223 e. The van der Waals surface area contributed by atoms with Crippen LogP contribution in [0.5, 0.6) is 5.75 Å². The summed E-state index contributed by atoms with van der Waals surface area (Å²) in [4.78, 5) is 11.9. The molecule has 0 bridgehead atoms. The Labute approximate surface area is 122 Å². The number of guanidine groups is 2. The van der Waals surface area contributed by atoms with Gasteiger partial charge < -0.3 is 26.5 Å². The molecule has 1 heterocycles. The number of rotatable bonds is 3. The fraction of sp³-hybridized carbons (Fsp3) is 0.154. The number of aromatic nitrogens is 2. The van der Waals surface area contributed by atoms with Gasteiger partial charge in [-0.2, -0.15) is 4.99 Å². The van der Waals surface area contributed by atoms with E-state index < -0.39 is 0 Å². The Morgan fingerprint density at radius 3 is 2.62 bits per heavy atom. The number of benzene rings is 1. The molecule has 0 radical (unpaired) electrons. The monoisotopic (exact) mass is 287 g/mol. The minimum atomic E-state index is -0.145. The SMILES string of the molecule is COc1cc(N=C(N)N=C(N)N)ccc1-n1cnc(C)c1. The number of nitrogens with zero attached hydrogens (tertiary/aromatic N) is 4. The molecule has 6 N–H and O–H groups in total. The van der Waals surface area contributed by atoms with Crippen LogP contribution in [0.2, 0.25) is 0 Å². The summed E-state index contributed by atoms with van der Waals surface area (Å²) in [6.07, 6.45) is 3.61. The van der Waals surface area contributed by atoms with E-state index in [0.29, 0.717) is 11.4 Å². The van der Waals surface area contributed by atoms with Gasteiger partial charge in [0.15, 0.2) is 5.96 Å². The van der Waals surface area contributed by atoms with E-state index in [0.717, 1.165) is 11.4 Å². The summed E-state index contributed by atoms with van der Waals surface area (Å²) in [7, 11) is 1.58. The number of imidazole rings is 1. The second kappa shape index (κ2) is 5.95. The van der Waals surface area contributed by atoms with Crippen LogP contribution in [-0.2, 0) is 0 Å². The molecule has 0 saturated carbocycles. The van der Waals surface area contributed by atoms with Crippen LogP contribution < -0.4 is 21.9 Å². The lowest BCUT2D eigenvalue weighted by Gasteiger charge is -2.09. The van der Waals surface area contributed by atoms with Gasteiger partial charge in [0.05, 0.1) is 30.5 Å². The van der Waals surface area contributed by atoms with Crippen LogP contribution in [-0.4, -0.2) is 28.6 Å². The van der Waals surface area contributed by atoms with Crippen LogP contribution in [0.3, 0.4) is 0 Å². The van der Waals surface area contributed by atoms with Crippen LogP contribution in [0.25, 0.3) is 5.69 Å². The normalized spacial score (nSPS) is 11.2. The van der Waals surface area contributed by atoms with Gasteiger partial charge in [0.2, 0.25) is 5.96 Å². The van der Waals surface area contributed by atoms with Crippen molar-refractivity contribution in [1.29, 1.82) is 0 Å². The lowest BCUT2D eigenvalue weighted by atomic mass is 10.2. The third-order valence-corrected chi connectivity index (χ3v) is 2.64. The van der Waals surface area contributed by atoms with Crippen molar-refractivity contribution in [3.05, 3.63) is 36.4 Å². The lowest BCUT2D eigenvalue weighted by molar-refractivity contribution is 0.413. The highest BCUT2D eigenvalue weighted by Gasteiger charge is 2.07. The fourth-order valence-corrected chi connectivity index (χ4v) is 1.79. The lowest BCUT2D eigenvalue weighted by Crippen LogP contribution is -2.26. The first-order valence-electron chi connectivity index (χ1n) is 6.12. The molecule has 2 rings (SSSR count). The largest absolute Gasteiger partial charge is 0.494 e. The van der Waals surface area contributed by atoms with Crippen LogP contribution in [0.4, 0.5) is 5.69 Å². The summed E-state index contributed by atoms with van der Waals surface area (Å²) >= 11 is 0. The van der Waals surface area contributed by atoms with Crippen LogP contribution in [0, 0.1) is 6.92 Å². The third-order valence-electron chi connectivity index (χ3n) is 2.64. The summed E-state index contributed by atoms with van der Waals surface area (Å²) in [5.41, 5.74) is 18.4.